The highest BCUT2D eigenvalue weighted by molar-refractivity contribution is 6.01. The molecule has 14 amide bonds. The summed E-state index contributed by atoms with van der Waals surface area (Å²) < 4.78 is 0. The summed E-state index contributed by atoms with van der Waals surface area (Å²) in [5, 5.41) is 83.7. The van der Waals surface area contributed by atoms with Crippen LogP contribution in [0.5, 0.6) is 0 Å². The van der Waals surface area contributed by atoms with Gasteiger partial charge in [-0.1, -0.05) is 13.8 Å². The Morgan fingerprint density at radius 1 is 0.582 bits per heavy atom. The molecular weight excluding hydrogens is 1310 g/mol. The van der Waals surface area contributed by atoms with Crippen LogP contribution in [0.15, 0.2) is 4.99 Å². The third-order valence-electron chi connectivity index (χ3n) is 15.1. The molecule has 0 radical (unpaired) electrons. The van der Waals surface area contributed by atoms with Gasteiger partial charge in [0, 0.05) is 45.3 Å². The van der Waals surface area contributed by atoms with Gasteiger partial charge in [0.1, 0.15) is 66.5 Å². The van der Waals surface area contributed by atoms with E-state index in [0.29, 0.717) is 0 Å². The molecule has 0 bridgehead atoms. The Morgan fingerprint density at radius 2 is 1.08 bits per heavy atom. The van der Waals surface area contributed by atoms with Crippen molar-refractivity contribution in [2.24, 2.45) is 39.6 Å². The van der Waals surface area contributed by atoms with Crippen LogP contribution < -0.4 is 87.2 Å². The summed E-state index contributed by atoms with van der Waals surface area (Å²) >= 11 is 0. The van der Waals surface area contributed by atoms with E-state index in [2.05, 4.69) is 58.2 Å². The van der Waals surface area contributed by atoms with E-state index in [1.807, 2.05) is 5.32 Å². The van der Waals surface area contributed by atoms with Crippen LogP contribution in [0.4, 0.5) is 0 Å². The number of rotatable bonds is 28. The molecular formula is C56H90N18O24. The molecule has 0 spiro atoms. The maximum atomic E-state index is 14.4. The first kappa shape index (κ1) is 83.7. The van der Waals surface area contributed by atoms with Crippen LogP contribution >= 0.6 is 0 Å². The quantitative estimate of drug-likeness (QED) is 0.0196. The predicted octanol–water partition coefficient (Wildman–Crippen LogP) is -10.6. The zero-order valence-electron chi connectivity index (χ0n) is 53.9. The fourth-order valence-corrected chi connectivity index (χ4v) is 9.81. The van der Waals surface area contributed by atoms with E-state index in [4.69, 9.17) is 33.8 Å². The van der Waals surface area contributed by atoms with Crippen molar-refractivity contribution < 1.29 is 117 Å². The maximum absolute atomic E-state index is 14.4. The zero-order chi connectivity index (χ0) is 74.1. The molecule has 0 saturated carbocycles. The van der Waals surface area contributed by atoms with Gasteiger partial charge in [-0.05, 0) is 76.5 Å². The Hall–Kier alpha value is -10.4. The molecule has 0 aromatic rings. The lowest BCUT2D eigenvalue weighted by molar-refractivity contribution is -0.144. The van der Waals surface area contributed by atoms with E-state index < -0.39 is 275 Å². The van der Waals surface area contributed by atoms with Crippen molar-refractivity contribution in [3.63, 3.8) is 0 Å². The van der Waals surface area contributed by atoms with Crippen LogP contribution in [0, 0.1) is 5.92 Å². The van der Waals surface area contributed by atoms with E-state index >= 15 is 0 Å². The number of aliphatic imine (C=N–C) groups is 1. The average molecular weight is 1400 g/mol. The van der Waals surface area contributed by atoms with E-state index in [1.54, 1.807) is 13.8 Å². The van der Waals surface area contributed by atoms with Crippen LogP contribution in [0.3, 0.4) is 0 Å². The van der Waals surface area contributed by atoms with Crippen LogP contribution in [0.25, 0.3) is 0 Å². The minimum Gasteiger partial charge on any atom is -0.481 e. The zero-order valence-corrected chi connectivity index (χ0v) is 53.9. The fraction of sp³-hybridized carbons (Fsp3) is 0.661. The number of carboxylic acids is 4. The Bertz CT molecular complexity index is 2950. The van der Waals surface area contributed by atoms with Gasteiger partial charge >= 0.3 is 23.9 Å². The standard InChI is InChI=1S/C56H90N18O24/c1-25(2)43(44(59)87)73-54(97)36-9-6-20-74(36)55(98)33(21-37(58)77)70-50(93)29-11-14-38(78)62-18-4-3-7-27(64-45(88)26(57)10-15-39(79)80)46(89)71-34(23-75)52(95)67-30(12-16-40(81)82)48(91)65-28(8-5-19-63-56(60)61)47(90)72-35(24-76)53(96)68-31(13-17-41(83)84)49(92)69-32(22-42(85)86)51(94)66-29/h25-36,43,75-76H,3-24,57H2,1-2H3,(H2,58,77)(H2,59,87)(H,62,78)(H,64,88)(H,65,91)(H,66,94)(H,67,95)(H,68,96)(H,69,92)(H,70,93)(H,71,89)(H,72,90)(H,73,97)(H,79,80)(H,81,82)(H,83,84)(H,85,86)(H4,60,61,63)/t26-,27-,28-,29-,30-,31-,32-,33-,34-,35-,36-,43-/m0/s1. The summed E-state index contributed by atoms with van der Waals surface area (Å²) in [7, 11) is 0. The Balaban J connectivity index is 2.85. The molecule has 2 rings (SSSR count). The SMILES string of the molecule is CC(C)[C@H](NC(=O)[C@@H]1CCCN1C(=O)[C@H](CC(N)=O)NC(=O)[C@@H]1CCC(=O)NCCCC[C@H](NC(=O)[C@@H](N)CCC(=O)O)C(=O)N[C@@H](CO)C(=O)N[C@@H](CCC(=O)O)C(=O)N[C@@H](CCCN=C(N)N)C(=O)N[C@@H](CO)C(=O)N[C@@H](CCC(=O)O)C(=O)N[C@@H](CC(=O)O)C(=O)N1)C(N)=O. The molecule has 0 aliphatic carbocycles. The van der Waals surface area contributed by atoms with Gasteiger partial charge < -0.3 is 123 Å². The summed E-state index contributed by atoms with van der Waals surface area (Å²) in [4.78, 5) is 244. The number of likely N-dealkylation sites (tertiary alicyclic amines) is 1. The summed E-state index contributed by atoms with van der Waals surface area (Å²) in [6.45, 7) is -0.000536. The van der Waals surface area contributed by atoms with Crippen LogP contribution in [-0.4, -0.2) is 253 Å². The second-order valence-corrected chi connectivity index (χ2v) is 23.2. The number of aliphatic carboxylic acids is 4. The lowest BCUT2D eigenvalue weighted by Crippen LogP contribution is -2.61. The van der Waals surface area contributed by atoms with E-state index in [-0.39, 0.29) is 58.2 Å². The number of carbonyl (C=O) groups excluding carboxylic acids is 14. The lowest BCUT2D eigenvalue weighted by Gasteiger charge is -2.30. The molecule has 42 heteroatoms. The van der Waals surface area contributed by atoms with E-state index in [9.17, 15) is 112 Å². The molecule has 42 nitrogen and oxygen atoms in total. The van der Waals surface area contributed by atoms with Crippen molar-refractivity contribution >= 4 is 113 Å². The van der Waals surface area contributed by atoms with Gasteiger partial charge in [0.05, 0.1) is 32.1 Å². The monoisotopic (exact) mass is 1400 g/mol. The lowest BCUT2D eigenvalue weighted by atomic mass is 10.0. The minimum absolute atomic E-state index is 0.0238. The third-order valence-corrected chi connectivity index (χ3v) is 15.1. The van der Waals surface area contributed by atoms with Crippen molar-refractivity contribution in [2.45, 2.75) is 196 Å². The normalized spacial score (nSPS) is 23.3. The van der Waals surface area contributed by atoms with Crippen molar-refractivity contribution in [1.82, 2.24) is 63.4 Å². The number of nitrogens with two attached hydrogens (primary N) is 5. The second-order valence-electron chi connectivity index (χ2n) is 23.2. The summed E-state index contributed by atoms with van der Waals surface area (Å²) in [6, 6.07) is -21.8. The molecule has 0 aromatic heterocycles. The molecule has 12 atom stereocenters. The number of guanidine groups is 1. The maximum Gasteiger partial charge on any atom is 0.305 e. The van der Waals surface area contributed by atoms with Gasteiger partial charge in [0.25, 0.3) is 0 Å². The largest absolute Gasteiger partial charge is 0.481 e. The molecule has 2 fully saturated rings. The number of aliphatic hydroxyl groups excluding tert-OH is 2. The molecule has 98 heavy (non-hydrogen) atoms. The van der Waals surface area contributed by atoms with Crippen molar-refractivity contribution in [2.75, 3.05) is 32.8 Å². The van der Waals surface area contributed by atoms with Gasteiger partial charge in [-0.2, -0.15) is 0 Å². The molecule has 2 heterocycles. The van der Waals surface area contributed by atoms with Crippen molar-refractivity contribution in [1.29, 1.82) is 0 Å². The summed E-state index contributed by atoms with van der Waals surface area (Å²) in [5.41, 5.74) is 27.7. The first-order valence-electron chi connectivity index (χ1n) is 31.1. The number of hydrogen-bond acceptors (Lipinski definition) is 22. The molecule has 2 saturated heterocycles. The van der Waals surface area contributed by atoms with Crippen molar-refractivity contribution in [3.05, 3.63) is 0 Å². The first-order chi connectivity index (χ1) is 46.0. The van der Waals surface area contributed by atoms with Crippen molar-refractivity contribution in [3.8, 4) is 0 Å². The Labute approximate surface area is 559 Å². The topological polar surface area (TPSA) is 707 Å². The number of nitrogens with one attached hydrogen (secondary N) is 11. The highest BCUT2D eigenvalue weighted by Gasteiger charge is 2.42. The van der Waals surface area contributed by atoms with Crippen LogP contribution in [0.2, 0.25) is 0 Å². The van der Waals surface area contributed by atoms with Gasteiger partial charge in [-0.15, -0.1) is 0 Å². The van der Waals surface area contributed by atoms with Gasteiger partial charge in [0.2, 0.25) is 82.7 Å². The molecule has 2 aliphatic heterocycles. The molecule has 2 aliphatic rings. The fourth-order valence-electron chi connectivity index (χ4n) is 9.81. The number of hydrogen-bond donors (Lipinski definition) is 22. The molecule has 0 unspecified atom stereocenters. The Morgan fingerprint density at radius 3 is 1.57 bits per heavy atom. The van der Waals surface area contributed by atoms with Gasteiger partial charge in [-0.3, -0.25) is 91.3 Å². The number of nitrogens with zero attached hydrogens (tertiary/aromatic N) is 2. The Kier molecular flexibility index (Phi) is 36.1. The van der Waals surface area contributed by atoms with Gasteiger partial charge in [-0.25, -0.2) is 0 Å². The third kappa shape index (κ3) is 30.1. The van der Waals surface area contributed by atoms with Gasteiger partial charge in [0.15, 0.2) is 5.96 Å². The second kappa shape index (κ2) is 42.2. The highest BCUT2D eigenvalue weighted by Crippen LogP contribution is 2.21. The van der Waals surface area contributed by atoms with Crippen LogP contribution in [-0.2, 0) is 86.3 Å². The molecule has 548 valence electrons. The first-order valence-corrected chi connectivity index (χ1v) is 31.1. The predicted molar refractivity (Wildman–Crippen MR) is 333 cm³/mol. The number of amides is 14. The average Bonchev–Trinajstić information content (AvgIpc) is 1.51. The summed E-state index contributed by atoms with van der Waals surface area (Å²) in [5.74, 6) is -24.1. The van der Waals surface area contributed by atoms with E-state index in [0.717, 1.165) is 4.90 Å². The highest BCUT2D eigenvalue weighted by atomic mass is 16.4. The number of carboxylic acid groups (broad SMARTS) is 4. The molecule has 27 N–H and O–H groups in total. The smallest absolute Gasteiger partial charge is 0.305 e. The number of carbonyl (C=O) groups is 18. The number of primary amides is 2. The number of aliphatic hydroxyl groups is 2. The van der Waals surface area contributed by atoms with E-state index in [1.165, 1.54) is 0 Å². The summed E-state index contributed by atoms with van der Waals surface area (Å²) in [6.07, 6.45) is -9.01. The molecule has 0 aromatic carbocycles. The minimum atomic E-state index is -2.28. The van der Waals surface area contributed by atoms with Crippen LogP contribution in [0.1, 0.15) is 123 Å².